The molecule has 2 nitrogen and oxygen atoms in total. The Hall–Kier alpha value is 0.270. The Morgan fingerprint density at radius 2 is 1.75 bits per heavy atom. The summed E-state index contributed by atoms with van der Waals surface area (Å²) < 4.78 is 4.25. The maximum Gasteiger partial charge on any atom is 0.0725 e. The highest BCUT2D eigenvalue weighted by atomic mass is 32.2. The van der Waals surface area contributed by atoms with Crippen molar-refractivity contribution in [3.63, 3.8) is 0 Å². The summed E-state index contributed by atoms with van der Waals surface area (Å²) in [4.78, 5) is 4.15. The van der Waals surface area contributed by atoms with E-state index in [2.05, 4.69) is 23.1 Å². The molecular formula is C5H14O2S. The van der Waals surface area contributed by atoms with Crippen molar-refractivity contribution >= 4 is 12.0 Å². The van der Waals surface area contributed by atoms with E-state index in [1.165, 1.54) is 25.6 Å². The lowest BCUT2D eigenvalue weighted by molar-refractivity contribution is -0.159. The topological polar surface area (TPSA) is 18.5 Å². The highest BCUT2D eigenvalue weighted by molar-refractivity contribution is 7.93. The van der Waals surface area contributed by atoms with Crippen molar-refractivity contribution in [2.45, 2.75) is 20.3 Å². The molecule has 0 radical (unpaired) electrons. The predicted octanol–water partition coefficient (Wildman–Crippen LogP) is 2.26. The molecule has 0 unspecified atom stereocenters. The second-order valence-electron chi connectivity index (χ2n) is 1.11. The lowest BCUT2D eigenvalue weighted by Crippen LogP contribution is -1.70. The van der Waals surface area contributed by atoms with E-state index in [-0.39, 0.29) is 0 Å². The van der Waals surface area contributed by atoms with Crippen LogP contribution in [0.25, 0.3) is 0 Å². The Kier molecular flexibility index (Phi) is 21.8. The normalized spacial score (nSPS) is 7.50. The van der Waals surface area contributed by atoms with Crippen LogP contribution in [-0.4, -0.2) is 13.4 Å². The van der Waals surface area contributed by atoms with Crippen LogP contribution in [0.3, 0.4) is 0 Å². The highest BCUT2D eigenvalue weighted by Gasteiger charge is 1.65. The third kappa shape index (κ3) is 33.8. The van der Waals surface area contributed by atoms with Crippen LogP contribution in [0.4, 0.5) is 0 Å². The van der Waals surface area contributed by atoms with E-state index >= 15 is 0 Å². The minimum Gasteiger partial charge on any atom is -0.228 e. The third-order valence-corrected chi connectivity index (χ3v) is 0.408. The monoisotopic (exact) mass is 138 g/mol. The maximum atomic E-state index is 4.25. The molecule has 0 bridgehead atoms. The number of rotatable bonds is 2. The number of hydrogen-bond donors (Lipinski definition) is 0. The molecule has 0 N–H and O–H groups in total. The van der Waals surface area contributed by atoms with Gasteiger partial charge in [-0.2, -0.15) is 4.33 Å². The summed E-state index contributed by atoms with van der Waals surface area (Å²) in [7, 11) is 1.47. The van der Waals surface area contributed by atoms with Crippen LogP contribution >= 0.6 is 12.0 Å². The van der Waals surface area contributed by atoms with E-state index in [0.717, 1.165) is 0 Å². The van der Waals surface area contributed by atoms with Gasteiger partial charge in [0.2, 0.25) is 0 Å². The van der Waals surface area contributed by atoms with E-state index in [4.69, 9.17) is 0 Å². The maximum absolute atomic E-state index is 4.25. The molecule has 0 aromatic carbocycles. The van der Waals surface area contributed by atoms with Gasteiger partial charge >= 0.3 is 0 Å². The van der Waals surface area contributed by atoms with Crippen molar-refractivity contribution in [2.24, 2.45) is 0 Å². The van der Waals surface area contributed by atoms with Crippen LogP contribution in [-0.2, 0) is 9.22 Å². The number of hydrogen-bond acceptors (Lipinski definition) is 3. The molecule has 0 saturated carbocycles. The molecule has 0 amide bonds. The molecule has 0 aliphatic rings. The smallest absolute Gasteiger partial charge is 0.0725 e. The van der Waals surface area contributed by atoms with Gasteiger partial charge in [-0.05, 0) is 0 Å². The Labute approximate surface area is 55.7 Å². The first-order chi connectivity index (χ1) is 3.83. The lowest BCUT2D eigenvalue weighted by atomic mass is 10.6. The predicted molar refractivity (Wildman–Crippen MR) is 37.6 cm³/mol. The molecule has 0 aromatic heterocycles. The van der Waals surface area contributed by atoms with Gasteiger partial charge in [-0.1, -0.05) is 20.3 Å². The highest BCUT2D eigenvalue weighted by Crippen LogP contribution is 1.90. The second kappa shape index (κ2) is 15.7. The zero-order valence-electron chi connectivity index (χ0n) is 5.93. The summed E-state index contributed by atoms with van der Waals surface area (Å²) in [6.07, 6.45) is 3.03. The molecule has 52 valence electrons. The molecule has 3 heteroatoms. The van der Waals surface area contributed by atoms with Crippen molar-refractivity contribution in [1.29, 1.82) is 0 Å². The minimum atomic E-state index is 1.18. The van der Waals surface area contributed by atoms with Crippen LogP contribution in [0.15, 0.2) is 0 Å². The molecule has 0 aliphatic heterocycles. The Morgan fingerprint density at radius 3 is 1.75 bits per heavy atom. The molecule has 8 heavy (non-hydrogen) atoms. The Bertz CT molecular complexity index is 24.4. The molecular weight excluding hydrogens is 124 g/mol. The second-order valence-corrected chi connectivity index (χ2v) is 1.58. The van der Waals surface area contributed by atoms with E-state index in [9.17, 15) is 0 Å². The SMILES string of the molecule is CCC.COOSC. The largest absolute Gasteiger partial charge is 0.228 e. The van der Waals surface area contributed by atoms with E-state index in [1.54, 1.807) is 6.26 Å². The molecule has 0 fully saturated rings. The van der Waals surface area contributed by atoms with Crippen LogP contribution in [0.2, 0.25) is 0 Å². The zero-order chi connectivity index (χ0) is 6.83. The Morgan fingerprint density at radius 1 is 1.38 bits per heavy atom. The molecule has 0 spiro atoms. The average molecular weight is 138 g/mol. The first-order valence-electron chi connectivity index (χ1n) is 2.56. The molecule has 0 aliphatic carbocycles. The molecule has 0 atom stereocenters. The van der Waals surface area contributed by atoms with E-state index in [0.29, 0.717) is 0 Å². The fourth-order valence-corrected chi connectivity index (χ4v) is 0.204. The van der Waals surface area contributed by atoms with Crippen molar-refractivity contribution in [3.05, 3.63) is 0 Å². The van der Waals surface area contributed by atoms with Gasteiger partial charge in [-0.25, -0.2) is 4.89 Å². The summed E-state index contributed by atoms with van der Waals surface area (Å²) in [5.74, 6) is 0. The van der Waals surface area contributed by atoms with E-state index in [1.807, 2.05) is 0 Å². The Balaban J connectivity index is 0. The molecule has 0 saturated heterocycles. The van der Waals surface area contributed by atoms with Gasteiger partial charge in [-0.3, -0.25) is 0 Å². The van der Waals surface area contributed by atoms with Gasteiger partial charge in [0.25, 0.3) is 0 Å². The average Bonchev–Trinajstić information content (AvgIpc) is 1.71. The van der Waals surface area contributed by atoms with Gasteiger partial charge in [0.15, 0.2) is 0 Å². The summed E-state index contributed by atoms with van der Waals surface area (Å²) in [5, 5.41) is 0. The van der Waals surface area contributed by atoms with Crippen LogP contribution in [0.5, 0.6) is 0 Å². The fourth-order valence-electron chi connectivity index (χ4n) is 0.0680. The molecule has 0 rings (SSSR count). The summed E-state index contributed by atoms with van der Waals surface area (Å²) in [6.45, 7) is 4.25. The van der Waals surface area contributed by atoms with Gasteiger partial charge in [-0.15, -0.1) is 0 Å². The fraction of sp³-hybridized carbons (Fsp3) is 1.00. The van der Waals surface area contributed by atoms with Crippen LogP contribution in [0, 0.1) is 0 Å². The van der Waals surface area contributed by atoms with Crippen molar-refractivity contribution in [3.8, 4) is 0 Å². The van der Waals surface area contributed by atoms with Gasteiger partial charge in [0, 0.05) is 18.3 Å². The standard InChI is InChI=1S/C3H8.C2H6O2S/c1-3-2;1-3-4-5-2/h3H2,1-2H3;1-2H3. The van der Waals surface area contributed by atoms with Crippen molar-refractivity contribution < 1.29 is 9.22 Å². The van der Waals surface area contributed by atoms with Gasteiger partial charge in [0.1, 0.15) is 0 Å². The van der Waals surface area contributed by atoms with E-state index < -0.39 is 0 Å². The molecule has 0 aromatic rings. The lowest BCUT2D eigenvalue weighted by Gasteiger charge is -1.84. The van der Waals surface area contributed by atoms with Gasteiger partial charge in [0.05, 0.1) is 7.11 Å². The summed E-state index contributed by atoms with van der Waals surface area (Å²) in [6, 6.07) is 0. The van der Waals surface area contributed by atoms with Crippen LogP contribution in [0.1, 0.15) is 20.3 Å². The first kappa shape index (κ1) is 11.1. The zero-order valence-corrected chi connectivity index (χ0v) is 6.75. The van der Waals surface area contributed by atoms with Crippen molar-refractivity contribution in [1.82, 2.24) is 0 Å². The van der Waals surface area contributed by atoms with Gasteiger partial charge < -0.3 is 0 Å². The third-order valence-electron chi connectivity index (χ3n) is 0.136. The summed E-state index contributed by atoms with van der Waals surface area (Å²) >= 11 is 1.18. The quantitative estimate of drug-likeness (QED) is 0.331. The molecule has 0 heterocycles. The minimum absolute atomic E-state index is 1.18. The van der Waals surface area contributed by atoms with Crippen LogP contribution < -0.4 is 0 Å². The van der Waals surface area contributed by atoms with Crippen molar-refractivity contribution in [2.75, 3.05) is 13.4 Å². The first-order valence-corrected chi connectivity index (χ1v) is 3.71. The summed E-state index contributed by atoms with van der Waals surface area (Å²) in [5.41, 5.74) is 0.